The van der Waals surface area contributed by atoms with Crippen LogP contribution in [0.2, 0.25) is 0 Å². The number of hydrogen-bond acceptors (Lipinski definition) is 4. The summed E-state index contributed by atoms with van der Waals surface area (Å²) in [7, 11) is -0.298. The lowest BCUT2D eigenvalue weighted by Crippen LogP contribution is -2.42. The van der Waals surface area contributed by atoms with Gasteiger partial charge in [0.25, 0.3) is 0 Å². The van der Waals surface area contributed by atoms with Crippen LogP contribution in [-0.4, -0.2) is 65.4 Å². The Bertz CT molecular complexity index is 740. The molecular weight excluding hydrogens is 496 g/mol. The van der Waals surface area contributed by atoms with Crippen molar-refractivity contribution in [2.45, 2.75) is 24.5 Å². The lowest BCUT2D eigenvalue weighted by Gasteiger charge is -2.19. The summed E-state index contributed by atoms with van der Waals surface area (Å²) in [5.41, 5.74) is 1.52. The summed E-state index contributed by atoms with van der Waals surface area (Å²) in [6.07, 6.45) is -3.06. The number of nitrogens with one attached hydrogen (secondary N) is 2. The van der Waals surface area contributed by atoms with Crippen molar-refractivity contribution in [2.24, 2.45) is 4.99 Å². The van der Waals surface area contributed by atoms with Crippen LogP contribution in [0.15, 0.2) is 28.1 Å². The van der Waals surface area contributed by atoms with Gasteiger partial charge in [-0.3, -0.25) is 9.89 Å². The van der Waals surface area contributed by atoms with Crippen molar-refractivity contribution in [3.8, 4) is 0 Å². The average Bonchev–Trinajstić information content (AvgIpc) is 2.47. The number of nitrogens with zero attached hydrogens (tertiary/aromatic N) is 2. The van der Waals surface area contributed by atoms with Crippen LogP contribution in [-0.2, 0) is 16.4 Å². The van der Waals surface area contributed by atoms with Crippen LogP contribution < -0.4 is 10.6 Å². The van der Waals surface area contributed by atoms with Crippen LogP contribution in [0.25, 0.3) is 0 Å². The average molecular weight is 522 g/mol. The van der Waals surface area contributed by atoms with Gasteiger partial charge in [0.2, 0.25) is 0 Å². The van der Waals surface area contributed by atoms with Gasteiger partial charge >= 0.3 is 6.18 Å². The van der Waals surface area contributed by atoms with E-state index in [0.717, 1.165) is 11.8 Å². The molecule has 0 amide bonds. The van der Waals surface area contributed by atoms with Crippen molar-refractivity contribution in [3.05, 3.63) is 29.3 Å². The van der Waals surface area contributed by atoms with Gasteiger partial charge in [0.1, 0.15) is 0 Å². The standard InChI is InChI=1S/C16H25F3N4O2S.HI/c1-12-9-13(5-6-14(12)26(4,24)25)10-22-15(20-2)21-7-8-23(3)11-16(17,18)19;/h5-6,9H,7-8,10-11H2,1-4H3,(H2,20,21,22);1H. The van der Waals surface area contributed by atoms with Gasteiger partial charge in [0.15, 0.2) is 15.8 Å². The van der Waals surface area contributed by atoms with Gasteiger partial charge in [0, 0.05) is 32.9 Å². The number of rotatable bonds is 7. The summed E-state index contributed by atoms with van der Waals surface area (Å²) in [4.78, 5) is 5.47. The van der Waals surface area contributed by atoms with E-state index in [1.54, 1.807) is 32.2 Å². The predicted molar refractivity (Wildman–Crippen MR) is 111 cm³/mol. The molecule has 0 unspecified atom stereocenters. The Balaban J connectivity index is 0.00000676. The Morgan fingerprint density at radius 2 is 1.89 bits per heavy atom. The van der Waals surface area contributed by atoms with E-state index in [1.807, 2.05) is 0 Å². The number of aliphatic imine (C=N–C) groups is 1. The third-order valence-corrected chi connectivity index (χ3v) is 4.81. The number of guanidine groups is 1. The maximum absolute atomic E-state index is 12.3. The van der Waals surface area contributed by atoms with Gasteiger partial charge in [0.05, 0.1) is 11.4 Å². The SMILES string of the molecule is CN=C(NCCN(C)CC(F)(F)F)NCc1ccc(S(C)(=O)=O)c(C)c1.I. The second-order valence-electron chi connectivity index (χ2n) is 6.08. The molecule has 156 valence electrons. The number of sulfone groups is 1. The molecule has 0 atom stereocenters. The molecule has 11 heteroatoms. The molecule has 2 N–H and O–H groups in total. The number of hydrogen-bond donors (Lipinski definition) is 2. The smallest absolute Gasteiger partial charge is 0.355 e. The number of aryl methyl sites for hydroxylation is 1. The Labute approximate surface area is 175 Å². The minimum Gasteiger partial charge on any atom is -0.355 e. The van der Waals surface area contributed by atoms with Crippen molar-refractivity contribution < 1.29 is 21.6 Å². The van der Waals surface area contributed by atoms with Gasteiger partial charge in [-0.05, 0) is 31.2 Å². The molecule has 0 heterocycles. The molecule has 6 nitrogen and oxygen atoms in total. The van der Waals surface area contributed by atoms with Crippen LogP contribution in [0.4, 0.5) is 13.2 Å². The first-order valence-electron chi connectivity index (χ1n) is 7.92. The first kappa shape index (κ1) is 25.9. The predicted octanol–water partition coefficient (Wildman–Crippen LogP) is 2.18. The molecule has 0 aliphatic carbocycles. The summed E-state index contributed by atoms with van der Waals surface area (Å²) in [5.74, 6) is 0.454. The van der Waals surface area contributed by atoms with E-state index in [1.165, 1.54) is 11.9 Å². The van der Waals surface area contributed by atoms with Crippen molar-refractivity contribution in [2.75, 3.05) is 40.0 Å². The molecule has 0 spiro atoms. The Morgan fingerprint density at radius 3 is 2.37 bits per heavy atom. The van der Waals surface area contributed by atoms with Crippen LogP contribution in [0, 0.1) is 6.92 Å². The zero-order valence-corrected chi connectivity index (χ0v) is 18.9. The van der Waals surface area contributed by atoms with E-state index in [4.69, 9.17) is 0 Å². The molecule has 27 heavy (non-hydrogen) atoms. The fraction of sp³-hybridized carbons (Fsp3) is 0.562. The fourth-order valence-corrected chi connectivity index (χ4v) is 3.35. The van der Waals surface area contributed by atoms with Crippen molar-refractivity contribution in [1.82, 2.24) is 15.5 Å². The quantitative estimate of drug-likeness (QED) is 0.327. The molecule has 0 bridgehead atoms. The highest BCUT2D eigenvalue weighted by Gasteiger charge is 2.28. The summed E-state index contributed by atoms with van der Waals surface area (Å²) < 4.78 is 60.0. The highest BCUT2D eigenvalue weighted by atomic mass is 127. The summed E-state index contributed by atoms with van der Waals surface area (Å²) in [6, 6.07) is 5.04. The molecule has 0 aromatic heterocycles. The van der Waals surface area contributed by atoms with Crippen LogP contribution in [0.3, 0.4) is 0 Å². The van der Waals surface area contributed by atoms with E-state index in [-0.39, 0.29) is 35.4 Å². The highest BCUT2D eigenvalue weighted by molar-refractivity contribution is 14.0. The van der Waals surface area contributed by atoms with E-state index in [2.05, 4.69) is 15.6 Å². The first-order valence-corrected chi connectivity index (χ1v) is 9.81. The normalized spacial score (nSPS) is 12.7. The molecule has 0 saturated heterocycles. The third kappa shape index (κ3) is 10.1. The molecule has 0 aliphatic rings. The second-order valence-corrected chi connectivity index (χ2v) is 8.06. The molecule has 1 rings (SSSR count). The Morgan fingerprint density at radius 1 is 1.26 bits per heavy atom. The lowest BCUT2D eigenvalue weighted by molar-refractivity contribution is -0.142. The maximum atomic E-state index is 12.3. The van der Waals surface area contributed by atoms with Crippen LogP contribution in [0.1, 0.15) is 11.1 Å². The second kappa shape index (κ2) is 11.1. The minimum atomic E-state index is -4.22. The van der Waals surface area contributed by atoms with E-state index in [0.29, 0.717) is 24.6 Å². The summed E-state index contributed by atoms with van der Waals surface area (Å²) in [6.45, 7) is 1.68. The molecular formula is C16H26F3IN4O2S. The summed E-state index contributed by atoms with van der Waals surface area (Å²) in [5, 5.41) is 5.98. The highest BCUT2D eigenvalue weighted by Crippen LogP contribution is 2.16. The Kier molecular flexibility index (Phi) is 10.6. The zero-order chi connectivity index (χ0) is 20.0. The van der Waals surface area contributed by atoms with Crippen molar-refractivity contribution in [1.29, 1.82) is 0 Å². The third-order valence-electron chi connectivity index (χ3n) is 3.56. The van der Waals surface area contributed by atoms with Gasteiger partial charge in [-0.15, -0.1) is 24.0 Å². The topological polar surface area (TPSA) is 73.8 Å². The van der Waals surface area contributed by atoms with Crippen LogP contribution >= 0.6 is 24.0 Å². The van der Waals surface area contributed by atoms with Gasteiger partial charge in [-0.1, -0.05) is 12.1 Å². The maximum Gasteiger partial charge on any atom is 0.401 e. The van der Waals surface area contributed by atoms with Crippen LogP contribution in [0.5, 0.6) is 0 Å². The lowest BCUT2D eigenvalue weighted by atomic mass is 10.1. The molecule has 0 aliphatic heterocycles. The number of benzene rings is 1. The Hall–Kier alpha value is -1.08. The number of halogens is 4. The van der Waals surface area contributed by atoms with Gasteiger partial charge < -0.3 is 10.6 Å². The number of likely N-dealkylation sites (N-methyl/N-ethyl adjacent to an activating group) is 1. The first-order chi connectivity index (χ1) is 11.9. The monoisotopic (exact) mass is 522 g/mol. The largest absolute Gasteiger partial charge is 0.401 e. The molecule has 0 radical (unpaired) electrons. The van der Waals surface area contributed by atoms with E-state index < -0.39 is 22.6 Å². The molecule has 1 aromatic carbocycles. The minimum absolute atomic E-state index is 0. The zero-order valence-electron chi connectivity index (χ0n) is 15.7. The van der Waals surface area contributed by atoms with Gasteiger partial charge in [-0.2, -0.15) is 13.2 Å². The van der Waals surface area contributed by atoms with Gasteiger partial charge in [-0.25, -0.2) is 8.42 Å². The van der Waals surface area contributed by atoms with E-state index >= 15 is 0 Å². The van der Waals surface area contributed by atoms with E-state index in [9.17, 15) is 21.6 Å². The number of alkyl halides is 3. The molecule has 0 fully saturated rings. The van der Waals surface area contributed by atoms with Crippen molar-refractivity contribution >= 4 is 39.8 Å². The fourth-order valence-electron chi connectivity index (χ4n) is 2.39. The molecule has 1 aromatic rings. The summed E-state index contributed by atoms with van der Waals surface area (Å²) >= 11 is 0. The molecule has 0 saturated carbocycles. The van der Waals surface area contributed by atoms with Crippen molar-refractivity contribution in [3.63, 3.8) is 0 Å².